The van der Waals surface area contributed by atoms with Gasteiger partial charge < -0.3 is 30.0 Å². The van der Waals surface area contributed by atoms with E-state index >= 15 is 0 Å². The molecule has 0 fully saturated rings. The van der Waals surface area contributed by atoms with E-state index in [0.717, 1.165) is 5.52 Å². The number of aromatic nitrogens is 4. The van der Waals surface area contributed by atoms with Crippen LogP contribution in [0.3, 0.4) is 0 Å². The van der Waals surface area contributed by atoms with E-state index in [1.165, 1.54) is 24.3 Å². The topological polar surface area (TPSA) is 196 Å². The Kier molecular flexibility index (Phi) is 10.5. The molecule has 61 heavy (non-hydrogen) atoms. The van der Waals surface area contributed by atoms with Gasteiger partial charge in [-0.3, -0.25) is 0 Å². The number of hydrogen-bond acceptors (Lipinski definition) is 6. The zero-order valence-electron chi connectivity index (χ0n) is 31.7. The number of aromatic carboxylic acids is 4. The van der Waals surface area contributed by atoms with Crippen molar-refractivity contribution in [2.75, 3.05) is 0 Å². The van der Waals surface area contributed by atoms with Crippen LogP contribution in [0.5, 0.6) is 0 Å². The summed E-state index contributed by atoms with van der Waals surface area (Å²) < 4.78 is 1.62. The first-order valence-electron chi connectivity index (χ1n) is 18.5. The molecule has 4 aromatic carbocycles. The molecule has 0 radical (unpaired) electrons. The molecule has 5 N–H and O–H groups in total. The molecule has 8 bridgehead atoms. The van der Waals surface area contributed by atoms with Crippen LogP contribution in [0.2, 0.25) is 0 Å². The Balaban J connectivity index is 0.00000514. The number of nitrogens with zero attached hydrogens (tertiary/aromatic N) is 3. The van der Waals surface area contributed by atoms with Gasteiger partial charge in [0.15, 0.2) is 0 Å². The second kappa shape index (κ2) is 16.0. The fourth-order valence-electron chi connectivity index (χ4n) is 7.86. The minimum Gasteiger partial charge on any atom is -0.478 e. The summed E-state index contributed by atoms with van der Waals surface area (Å²) in [4.78, 5) is 66.1. The maximum absolute atomic E-state index is 13.2. The predicted molar refractivity (Wildman–Crippen MR) is 228 cm³/mol. The van der Waals surface area contributed by atoms with Gasteiger partial charge in [0.2, 0.25) is 0 Å². The summed E-state index contributed by atoms with van der Waals surface area (Å²) in [5.74, 6) is -5.14. The molecule has 294 valence electrons. The van der Waals surface area contributed by atoms with Crippen LogP contribution in [0.4, 0.5) is 0 Å². The summed E-state index contributed by atoms with van der Waals surface area (Å²) in [7, 11) is 0. The van der Waals surface area contributed by atoms with Gasteiger partial charge in [-0.15, -0.1) is 0 Å². The molecular formula is C48H30N4O8Ti. The Morgan fingerprint density at radius 2 is 0.885 bits per heavy atom. The molecular weight excluding hydrogens is 808 g/mol. The average molecular weight is 839 g/mol. The Morgan fingerprint density at radius 1 is 0.459 bits per heavy atom. The van der Waals surface area contributed by atoms with E-state index in [-0.39, 0.29) is 99.8 Å². The second-order valence-electron chi connectivity index (χ2n) is 13.9. The third-order valence-electron chi connectivity index (χ3n) is 10.3. The Morgan fingerprint density at radius 3 is 1.43 bits per heavy atom. The van der Waals surface area contributed by atoms with Crippen molar-refractivity contribution >= 4 is 70.2 Å². The number of carboxylic acid groups (broad SMARTS) is 4. The molecule has 0 saturated carbocycles. The molecule has 0 spiro atoms. The number of fused-ring (bicyclic) bond motifs is 8. The fourth-order valence-corrected chi connectivity index (χ4v) is 7.86. The van der Waals surface area contributed by atoms with Gasteiger partial charge in [-0.1, -0.05) is 66.7 Å². The van der Waals surface area contributed by atoms with Crippen molar-refractivity contribution in [3.05, 3.63) is 172 Å². The van der Waals surface area contributed by atoms with E-state index in [1.807, 2.05) is 24.3 Å². The first-order valence-corrected chi connectivity index (χ1v) is 18.5. The summed E-state index contributed by atoms with van der Waals surface area (Å²) >= 11 is 0. The van der Waals surface area contributed by atoms with E-state index in [1.54, 1.807) is 108 Å². The molecule has 13 heteroatoms. The van der Waals surface area contributed by atoms with E-state index < -0.39 is 23.9 Å². The molecule has 3 aromatic heterocycles. The summed E-state index contributed by atoms with van der Waals surface area (Å²) in [6, 6.07) is 34.1. The molecule has 0 amide bonds. The third kappa shape index (κ3) is 7.16. The van der Waals surface area contributed by atoms with Gasteiger partial charge in [-0.2, -0.15) is 0 Å². The Hall–Kier alpha value is -7.93. The van der Waals surface area contributed by atoms with E-state index in [9.17, 15) is 39.6 Å². The number of carbonyl (C=O) groups is 4. The van der Waals surface area contributed by atoms with Crippen molar-refractivity contribution in [1.82, 2.24) is 19.5 Å². The summed E-state index contributed by atoms with van der Waals surface area (Å²) in [5.41, 5.74) is 4.17. The zero-order valence-corrected chi connectivity index (χ0v) is 33.3. The van der Waals surface area contributed by atoms with Gasteiger partial charge in [0.05, 0.1) is 61.8 Å². The fraction of sp³-hybridized carbons (Fsp3) is 0. The van der Waals surface area contributed by atoms with E-state index in [2.05, 4.69) is 4.98 Å². The maximum Gasteiger partial charge on any atom is 0.337 e. The number of aromatic amines is 1. The molecule has 0 atom stereocenters. The van der Waals surface area contributed by atoms with Crippen LogP contribution in [0.15, 0.2) is 127 Å². The molecule has 7 aromatic rings. The van der Waals surface area contributed by atoms with Crippen molar-refractivity contribution in [3.63, 3.8) is 0 Å². The summed E-state index contributed by atoms with van der Waals surface area (Å²) in [6.45, 7) is 0. The summed E-state index contributed by atoms with van der Waals surface area (Å²) in [5, 5.41) is 43.0. The minimum absolute atomic E-state index is 0. The number of nitrogens with one attached hydrogen (secondary N) is 1. The molecule has 5 heterocycles. The van der Waals surface area contributed by atoms with E-state index in [0.29, 0.717) is 22.6 Å². The number of hydrogen-bond donors (Lipinski definition) is 5. The van der Waals surface area contributed by atoms with Gasteiger partial charge in [0.1, 0.15) is 0 Å². The zero-order chi connectivity index (χ0) is 41.7. The van der Waals surface area contributed by atoms with Crippen LogP contribution in [0.1, 0.15) is 64.2 Å². The minimum atomic E-state index is -1.30. The van der Waals surface area contributed by atoms with Crippen LogP contribution in [0, 0.1) is 0 Å². The standard InChI is InChI=1S/C48H30N4O8.Ti/c53-45(54)34-12-4-1-9-31(34)41-38-22-21-29(51-38)24-28-18-17-26(49-28)23-27-19-20-30(50-27)25-40-42(32-10-2-5-13-35(32)46(55)56)43(33-11-3-6-14-36(33)47(57)58)44(41)52(40)39-16-8-7-15-37(39)48(59)60;/h1-25,49H,(H,53,54)(H,55,56)(H,57,58)(H,59,60);. The van der Waals surface area contributed by atoms with Gasteiger partial charge in [0, 0.05) is 55.0 Å². The molecule has 0 aliphatic carbocycles. The Bertz CT molecular complexity index is 3250. The number of carboxylic acids is 4. The van der Waals surface area contributed by atoms with Crippen molar-refractivity contribution in [1.29, 1.82) is 0 Å². The first-order chi connectivity index (χ1) is 29.1. The molecule has 0 unspecified atom stereocenters. The monoisotopic (exact) mass is 838 g/mol. The molecule has 12 nitrogen and oxygen atoms in total. The van der Waals surface area contributed by atoms with Crippen LogP contribution in [-0.2, 0) is 21.7 Å². The van der Waals surface area contributed by atoms with Crippen LogP contribution >= 0.6 is 0 Å². The predicted octanol–water partition coefficient (Wildman–Crippen LogP) is 9.91. The van der Waals surface area contributed by atoms with Crippen molar-refractivity contribution in [2.24, 2.45) is 0 Å². The first kappa shape index (κ1) is 39.9. The second-order valence-corrected chi connectivity index (χ2v) is 13.9. The molecule has 2 aliphatic rings. The molecule has 9 rings (SSSR count). The van der Waals surface area contributed by atoms with Crippen molar-refractivity contribution in [3.8, 4) is 39.1 Å². The van der Waals surface area contributed by atoms with Crippen molar-refractivity contribution < 1.29 is 61.3 Å². The van der Waals surface area contributed by atoms with Crippen LogP contribution in [-0.4, -0.2) is 63.8 Å². The largest absolute Gasteiger partial charge is 0.478 e. The number of H-pyrrole nitrogens is 1. The molecule has 0 saturated heterocycles. The van der Waals surface area contributed by atoms with Gasteiger partial charge >= 0.3 is 23.9 Å². The normalized spacial score (nSPS) is 11.5. The van der Waals surface area contributed by atoms with Crippen LogP contribution < -0.4 is 0 Å². The smallest absolute Gasteiger partial charge is 0.337 e. The SMILES string of the molecule is O=C(O)c1ccccc1-c1c(-c2ccccc2C(=O)O)c2c(-c3ccccc3C(=O)O)c3nc(cc4ccc(cc5nc(cc1n2-c1ccccc1C(=O)O)C=C5)[nH]4)C=C3.[Ti]. The van der Waals surface area contributed by atoms with Crippen LogP contribution in [0.25, 0.3) is 85.4 Å². The molecule has 2 aliphatic heterocycles. The maximum atomic E-state index is 13.2. The van der Waals surface area contributed by atoms with E-state index in [4.69, 9.17) is 9.97 Å². The third-order valence-corrected chi connectivity index (χ3v) is 10.3. The Labute approximate surface area is 361 Å². The van der Waals surface area contributed by atoms with Gasteiger partial charge in [-0.25, -0.2) is 29.1 Å². The number of benzene rings is 4. The van der Waals surface area contributed by atoms with Gasteiger partial charge in [0.25, 0.3) is 0 Å². The number of para-hydroxylation sites is 1. The van der Waals surface area contributed by atoms with Crippen molar-refractivity contribution in [2.45, 2.75) is 0 Å². The number of rotatable bonds is 8. The van der Waals surface area contributed by atoms with Gasteiger partial charge in [-0.05, 0) is 96.1 Å². The quantitative estimate of drug-likeness (QED) is 0.0919. The average Bonchev–Trinajstić information content (AvgIpc) is 4.06. The summed E-state index contributed by atoms with van der Waals surface area (Å²) in [6.07, 6.45) is 7.01.